The van der Waals surface area contributed by atoms with Gasteiger partial charge in [0.05, 0.1) is 11.2 Å². The fraction of sp³-hybridized carbons (Fsp3) is 0.625. The zero-order valence-corrected chi connectivity index (χ0v) is 7.92. The summed E-state index contributed by atoms with van der Waals surface area (Å²) < 4.78 is 0. The van der Waals surface area contributed by atoms with E-state index in [0.29, 0.717) is 12.3 Å². The number of rotatable bonds is 4. The SMILES string of the molecule is O=[N+]([O-])CCc1scnc1C1CC1. The molecule has 0 N–H and O–H groups in total. The number of hydrogen-bond acceptors (Lipinski definition) is 4. The van der Waals surface area contributed by atoms with E-state index in [0.717, 1.165) is 10.6 Å². The van der Waals surface area contributed by atoms with Crippen LogP contribution in [0.25, 0.3) is 0 Å². The highest BCUT2D eigenvalue weighted by atomic mass is 32.1. The highest BCUT2D eigenvalue weighted by molar-refractivity contribution is 7.09. The van der Waals surface area contributed by atoms with Gasteiger partial charge in [0.25, 0.3) is 0 Å². The lowest BCUT2D eigenvalue weighted by molar-refractivity contribution is -0.479. The Kier molecular flexibility index (Phi) is 2.26. The van der Waals surface area contributed by atoms with Crippen molar-refractivity contribution in [1.29, 1.82) is 0 Å². The average Bonchev–Trinajstić information content (AvgIpc) is 2.82. The van der Waals surface area contributed by atoms with Gasteiger partial charge in [0, 0.05) is 22.1 Å². The molecule has 0 atom stereocenters. The largest absolute Gasteiger partial charge is 0.265 e. The number of nitrogens with zero attached hydrogens (tertiary/aromatic N) is 2. The van der Waals surface area contributed by atoms with Gasteiger partial charge in [-0.25, -0.2) is 4.98 Å². The van der Waals surface area contributed by atoms with Crippen molar-refractivity contribution in [2.75, 3.05) is 6.54 Å². The molecule has 70 valence electrons. The third kappa shape index (κ3) is 2.03. The molecule has 0 radical (unpaired) electrons. The number of aromatic nitrogens is 1. The van der Waals surface area contributed by atoms with E-state index < -0.39 is 0 Å². The Balaban J connectivity index is 2.02. The Morgan fingerprint density at radius 3 is 3.08 bits per heavy atom. The van der Waals surface area contributed by atoms with Gasteiger partial charge in [-0.1, -0.05) is 0 Å². The minimum atomic E-state index is -0.267. The smallest absolute Gasteiger partial charge is 0.208 e. The van der Waals surface area contributed by atoms with Crippen molar-refractivity contribution in [2.45, 2.75) is 25.2 Å². The predicted molar refractivity (Wildman–Crippen MR) is 49.7 cm³/mol. The molecule has 1 aromatic rings. The Hall–Kier alpha value is -0.970. The molecule has 1 aromatic heterocycles. The zero-order valence-electron chi connectivity index (χ0n) is 7.10. The molecule has 2 rings (SSSR count). The molecule has 0 aromatic carbocycles. The lowest BCUT2D eigenvalue weighted by atomic mass is 10.2. The molecule has 4 nitrogen and oxygen atoms in total. The van der Waals surface area contributed by atoms with Gasteiger partial charge in [-0.2, -0.15) is 0 Å². The summed E-state index contributed by atoms with van der Waals surface area (Å²) in [5, 5.41) is 10.2. The van der Waals surface area contributed by atoms with E-state index in [1.165, 1.54) is 12.8 Å². The van der Waals surface area contributed by atoms with Crippen molar-refractivity contribution < 1.29 is 4.92 Å². The van der Waals surface area contributed by atoms with Crippen LogP contribution in [0.1, 0.15) is 29.3 Å². The molecule has 1 aliphatic rings. The van der Waals surface area contributed by atoms with E-state index in [1.54, 1.807) is 16.8 Å². The normalized spacial score (nSPS) is 16.0. The van der Waals surface area contributed by atoms with Crippen molar-refractivity contribution in [1.82, 2.24) is 4.98 Å². The van der Waals surface area contributed by atoms with Crippen LogP contribution in [0.15, 0.2) is 5.51 Å². The lowest BCUT2D eigenvalue weighted by Gasteiger charge is -1.96. The number of nitro groups is 1. The van der Waals surface area contributed by atoms with Crippen LogP contribution in [0.2, 0.25) is 0 Å². The van der Waals surface area contributed by atoms with Gasteiger partial charge in [-0.3, -0.25) is 10.1 Å². The topological polar surface area (TPSA) is 56.0 Å². The van der Waals surface area contributed by atoms with Crippen LogP contribution in [0.4, 0.5) is 0 Å². The average molecular weight is 198 g/mol. The summed E-state index contributed by atoms with van der Waals surface area (Å²) in [6.07, 6.45) is 2.95. The van der Waals surface area contributed by atoms with Crippen LogP contribution in [-0.2, 0) is 6.42 Å². The monoisotopic (exact) mass is 198 g/mol. The summed E-state index contributed by atoms with van der Waals surface area (Å²) in [5.74, 6) is 0.605. The second kappa shape index (κ2) is 3.41. The second-order valence-electron chi connectivity index (χ2n) is 3.24. The molecular formula is C8H10N2O2S. The van der Waals surface area contributed by atoms with Gasteiger partial charge in [-0.15, -0.1) is 11.3 Å². The molecule has 5 heteroatoms. The van der Waals surface area contributed by atoms with Crippen LogP contribution in [0, 0.1) is 10.1 Å². The van der Waals surface area contributed by atoms with Crippen molar-refractivity contribution in [3.63, 3.8) is 0 Å². The van der Waals surface area contributed by atoms with Gasteiger partial charge < -0.3 is 0 Å². The van der Waals surface area contributed by atoms with Crippen LogP contribution in [-0.4, -0.2) is 16.5 Å². The van der Waals surface area contributed by atoms with E-state index in [2.05, 4.69) is 4.98 Å². The summed E-state index contributed by atoms with van der Waals surface area (Å²) in [4.78, 5) is 15.3. The maximum atomic E-state index is 10.2. The van der Waals surface area contributed by atoms with Gasteiger partial charge in [0.15, 0.2) is 0 Å². The molecule has 0 bridgehead atoms. The number of hydrogen-bond donors (Lipinski definition) is 0. The fourth-order valence-corrected chi connectivity index (χ4v) is 2.19. The molecule has 0 aliphatic heterocycles. The first kappa shape index (κ1) is 8.62. The molecule has 0 amide bonds. The van der Waals surface area contributed by atoms with Crippen LogP contribution < -0.4 is 0 Å². The first-order chi connectivity index (χ1) is 6.27. The minimum Gasteiger partial charge on any atom is -0.265 e. The molecule has 1 heterocycles. The Morgan fingerprint density at radius 1 is 1.69 bits per heavy atom. The predicted octanol–water partition coefficient (Wildman–Crippen LogP) is 1.84. The van der Waals surface area contributed by atoms with Crippen molar-refractivity contribution >= 4 is 11.3 Å². The van der Waals surface area contributed by atoms with E-state index >= 15 is 0 Å². The van der Waals surface area contributed by atoms with Crippen molar-refractivity contribution in [3.05, 3.63) is 26.2 Å². The Labute approximate surface area is 79.8 Å². The van der Waals surface area contributed by atoms with Crippen LogP contribution in [0.5, 0.6) is 0 Å². The molecule has 0 spiro atoms. The third-order valence-corrected chi connectivity index (χ3v) is 3.07. The van der Waals surface area contributed by atoms with Gasteiger partial charge in [-0.05, 0) is 12.8 Å². The quantitative estimate of drug-likeness (QED) is 0.548. The molecule has 1 fully saturated rings. The second-order valence-corrected chi connectivity index (χ2v) is 4.18. The summed E-state index contributed by atoms with van der Waals surface area (Å²) in [7, 11) is 0. The van der Waals surface area contributed by atoms with E-state index in [-0.39, 0.29) is 11.5 Å². The fourth-order valence-electron chi connectivity index (χ4n) is 1.35. The first-order valence-corrected chi connectivity index (χ1v) is 5.19. The highest BCUT2D eigenvalue weighted by Gasteiger charge is 2.28. The third-order valence-electron chi connectivity index (χ3n) is 2.16. The molecule has 1 saturated carbocycles. The molecule has 1 aliphatic carbocycles. The summed E-state index contributed by atoms with van der Waals surface area (Å²) >= 11 is 1.54. The van der Waals surface area contributed by atoms with Crippen LogP contribution in [0.3, 0.4) is 0 Å². The van der Waals surface area contributed by atoms with Crippen molar-refractivity contribution in [2.24, 2.45) is 0 Å². The molecular weight excluding hydrogens is 188 g/mol. The van der Waals surface area contributed by atoms with E-state index in [4.69, 9.17) is 0 Å². The highest BCUT2D eigenvalue weighted by Crippen LogP contribution is 2.41. The lowest BCUT2D eigenvalue weighted by Crippen LogP contribution is -2.04. The van der Waals surface area contributed by atoms with Crippen LogP contribution >= 0.6 is 11.3 Å². The Bertz CT molecular complexity index is 320. The maximum absolute atomic E-state index is 10.2. The van der Waals surface area contributed by atoms with E-state index in [9.17, 15) is 10.1 Å². The summed E-state index contributed by atoms with van der Waals surface area (Å²) in [6, 6.07) is 0. The Morgan fingerprint density at radius 2 is 2.46 bits per heavy atom. The zero-order chi connectivity index (χ0) is 9.26. The van der Waals surface area contributed by atoms with Gasteiger partial charge in [0.1, 0.15) is 0 Å². The molecule has 0 unspecified atom stereocenters. The van der Waals surface area contributed by atoms with Crippen molar-refractivity contribution in [3.8, 4) is 0 Å². The van der Waals surface area contributed by atoms with Gasteiger partial charge >= 0.3 is 0 Å². The maximum Gasteiger partial charge on any atom is 0.208 e. The van der Waals surface area contributed by atoms with Gasteiger partial charge in [0.2, 0.25) is 6.54 Å². The standard InChI is InChI=1S/C8H10N2O2S/c11-10(12)4-3-7-8(6-1-2-6)9-5-13-7/h5-6H,1-4H2. The van der Waals surface area contributed by atoms with E-state index in [1.807, 2.05) is 0 Å². The summed E-state index contributed by atoms with van der Waals surface area (Å²) in [6.45, 7) is 0.0297. The molecule has 0 saturated heterocycles. The first-order valence-electron chi connectivity index (χ1n) is 4.31. The summed E-state index contributed by atoms with van der Waals surface area (Å²) in [5.41, 5.74) is 2.91. The molecule has 13 heavy (non-hydrogen) atoms. The minimum absolute atomic E-state index is 0.0297. The number of thiazole rings is 1.